The van der Waals surface area contributed by atoms with E-state index < -0.39 is 0 Å². The molecule has 31 heavy (non-hydrogen) atoms. The average Bonchev–Trinajstić information content (AvgIpc) is 3.19. The fourth-order valence-corrected chi connectivity index (χ4v) is 5.05. The molecule has 1 saturated heterocycles. The van der Waals surface area contributed by atoms with Crippen molar-refractivity contribution < 1.29 is 4.79 Å². The molecule has 1 aromatic heterocycles. The third-order valence-electron chi connectivity index (χ3n) is 5.45. The van der Waals surface area contributed by atoms with Gasteiger partial charge in [0.25, 0.3) is 5.91 Å². The SMILES string of the molecule is Cc1ccc(Cl)cc1NC1NC(=O)/C(=C/c2cc(C)n(-c3cccc(Cl)c3C)c2C)S1. The van der Waals surface area contributed by atoms with E-state index in [0.29, 0.717) is 9.93 Å². The smallest absolute Gasteiger partial charge is 0.260 e. The number of carbonyl (C=O) groups is 1. The first-order chi connectivity index (χ1) is 14.7. The summed E-state index contributed by atoms with van der Waals surface area (Å²) in [5.74, 6) is -0.0917. The first kappa shape index (κ1) is 21.9. The highest BCUT2D eigenvalue weighted by Gasteiger charge is 2.28. The van der Waals surface area contributed by atoms with Crippen LogP contribution in [-0.4, -0.2) is 16.0 Å². The molecule has 2 aromatic carbocycles. The van der Waals surface area contributed by atoms with Gasteiger partial charge in [-0.3, -0.25) is 4.79 Å². The Bertz CT molecular complexity index is 1220. The van der Waals surface area contributed by atoms with Crippen LogP contribution in [0.15, 0.2) is 47.4 Å². The fraction of sp³-hybridized carbons (Fsp3) is 0.208. The van der Waals surface area contributed by atoms with Crippen LogP contribution in [0.1, 0.15) is 28.1 Å². The Labute approximate surface area is 196 Å². The molecule has 2 heterocycles. The topological polar surface area (TPSA) is 46.1 Å². The third-order valence-corrected chi connectivity index (χ3v) is 7.13. The number of aromatic nitrogens is 1. The van der Waals surface area contributed by atoms with Crippen LogP contribution in [0.5, 0.6) is 0 Å². The molecule has 1 amide bonds. The Balaban J connectivity index is 1.61. The molecule has 1 atom stereocenters. The molecule has 1 fully saturated rings. The van der Waals surface area contributed by atoms with Crippen molar-refractivity contribution in [3.63, 3.8) is 0 Å². The predicted octanol–water partition coefficient (Wildman–Crippen LogP) is 6.62. The Kier molecular flexibility index (Phi) is 6.11. The lowest BCUT2D eigenvalue weighted by Crippen LogP contribution is -2.31. The normalized spacial score (nSPS) is 17.3. The van der Waals surface area contributed by atoms with Gasteiger partial charge < -0.3 is 15.2 Å². The van der Waals surface area contributed by atoms with Crippen molar-refractivity contribution in [2.75, 3.05) is 5.32 Å². The minimum atomic E-state index is -0.255. The van der Waals surface area contributed by atoms with Crippen molar-refractivity contribution in [1.82, 2.24) is 9.88 Å². The molecule has 1 aliphatic rings. The van der Waals surface area contributed by atoms with Gasteiger partial charge in [-0.1, -0.05) is 47.1 Å². The minimum absolute atomic E-state index is 0.0917. The van der Waals surface area contributed by atoms with Gasteiger partial charge in [0.2, 0.25) is 0 Å². The lowest BCUT2D eigenvalue weighted by atomic mass is 10.2. The minimum Gasteiger partial charge on any atom is -0.356 e. The van der Waals surface area contributed by atoms with Crippen molar-refractivity contribution in [3.05, 3.63) is 85.5 Å². The summed E-state index contributed by atoms with van der Waals surface area (Å²) >= 11 is 13.9. The van der Waals surface area contributed by atoms with E-state index in [1.54, 1.807) is 0 Å². The molecule has 1 unspecified atom stereocenters. The summed E-state index contributed by atoms with van der Waals surface area (Å²) in [7, 11) is 0. The number of nitrogens with zero attached hydrogens (tertiary/aromatic N) is 1. The molecule has 0 bridgehead atoms. The maximum Gasteiger partial charge on any atom is 0.260 e. The van der Waals surface area contributed by atoms with Crippen LogP contribution in [0.4, 0.5) is 5.69 Å². The Morgan fingerprint density at radius 1 is 1.10 bits per heavy atom. The first-order valence-corrected chi connectivity index (χ1v) is 11.5. The Morgan fingerprint density at radius 3 is 2.65 bits per heavy atom. The van der Waals surface area contributed by atoms with E-state index in [1.807, 2.05) is 50.3 Å². The van der Waals surface area contributed by atoms with Crippen LogP contribution < -0.4 is 10.6 Å². The monoisotopic (exact) mass is 471 g/mol. The van der Waals surface area contributed by atoms with Gasteiger partial charge >= 0.3 is 0 Å². The largest absolute Gasteiger partial charge is 0.356 e. The number of hydrogen-bond acceptors (Lipinski definition) is 3. The van der Waals surface area contributed by atoms with E-state index in [1.165, 1.54) is 11.8 Å². The zero-order valence-corrected chi connectivity index (χ0v) is 20.0. The number of thioether (sulfide) groups is 1. The second kappa shape index (κ2) is 8.65. The lowest BCUT2D eigenvalue weighted by Gasteiger charge is -2.15. The zero-order chi connectivity index (χ0) is 22.3. The zero-order valence-electron chi connectivity index (χ0n) is 17.7. The first-order valence-electron chi connectivity index (χ1n) is 9.91. The molecular formula is C24H23Cl2N3OS. The fourth-order valence-electron chi connectivity index (χ4n) is 3.74. The molecule has 4 nitrogen and oxygen atoms in total. The van der Waals surface area contributed by atoms with E-state index in [9.17, 15) is 4.79 Å². The van der Waals surface area contributed by atoms with Gasteiger partial charge in [-0.2, -0.15) is 0 Å². The van der Waals surface area contributed by atoms with Crippen molar-refractivity contribution in [2.45, 2.75) is 33.2 Å². The standard InChI is InChI=1S/C24H23Cl2N3OS/c1-13-8-9-18(25)12-20(13)27-24-28-23(30)22(31-24)11-17-10-14(2)29(16(17)4)21-7-5-6-19(26)15(21)3/h5-12,24,27H,1-4H3,(H,28,30)/b22-11-. The van der Waals surface area contributed by atoms with Gasteiger partial charge in [-0.15, -0.1) is 0 Å². The number of carbonyl (C=O) groups excluding carboxylic acids is 1. The summed E-state index contributed by atoms with van der Waals surface area (Å²) in [5.41, 5.74) is 6.95. The highest BCUT2D eigenvalue weighted by atomic mass is 35.5. The molecule has 160 valence electrons. The molecule has 3 aromatic rings. The highest BCUT2D eigenvalue weighted by molar-refractivity contribution is 8.05. The van der Waals surface area contributed by atoms with Crippen molar-refractivity contribution in [1.29, 1.82) is 0 Å². The van der Waals surface area contributed by atoms with Crippen LogP contribution in [-0.2, 0) is 4.79 Å². The number of amides is 1. The van der Waals surface area contributed by atoms with Gasteiger partial charge in [0.05, 0.1) is 4.91 Å². The molecule has 4 rings (SSSR count). The molecule has 1 aliphatic heterocycles. The summed E-state index contributed by atoms with van der Waals surface area (Å²) < 4.78 is 2.18. The number of halogens is 2. The third kappa shape index (κ3) is 4.36. The molecule has 0 saturated carbocycles. The van der Waals surface area contributed by atoms with Crippen LogP contribution in [0.2, 0.25) is 10.0 Å². The summed E-state index contributed by atoms with van der Waals surface area (Å²) in [6.07, 6.45) is 1.95. The molecule has 2 N–H and O–H groups in total. The quantitative estimate of drug-likeness (QED) is 0.420. The van der Waals surface area contributed by atoms with Crippen molar-refractivity contribution in [3.8, 4) is 5.69 Å². The second-order valence-electron chi connectivity index (χ2n) is 7.63. The molecule has 0 aliphatic carbocycles. The maximum absolute atomic E-state index is 12.6. The number of anilines is 1. The number of aryl methyl sites for hydroxylation is 2. The Hall–Kier alpha value is -2.34. The van der Waals surface area contributed by atoms with Crippen LogP contribution in [0, 0.1) is 27.7 Å². The van der Waals surface area contributed by atoms with Gasteiger partial charge in [0.15, 0.2) is 5.50 Å². The van der Waals surface area contributed by atoms with Gasteiger partial charge in [0, 0.05) is 32.8 Å². The summed E-state index contributed by atoms with van der Waals surface area (Å²) in [6.45, 7) is 8.14. The second-order valence-corrected chi connectivity index (χ2v) is 9.62. The van der Waals surface area contributed by atoms with Crippen LogP contribution in [0.3, 0.4) is 0 Å². The highest BCUT2D eigenvalue weighted by Crippen LogP contribution is 2.34. The van der Waals surface area contributed by atoms with Crippen LogP contribution in [0.25, 0.3) is 11.8 Å². The molecule has 7 heteroatoms. The number of hydrogen-bond donors (Lipinski definition) is 2. The van der Waals surface area contributed by atoms with Crippen molar-refractivity contribution in [2.24, 2.45) is 0 Å². The number of rotatable bonds is 4. The average molecular weight is 472 g/mol. The summed E-state index contributed by atoms with van der Waals surface area (Å²) in [6, 6.07) is 13.7. The molecular weight excluding hydrogens is 449 g/mol. The van der Waals surface area contributed by atoms with E-state index in [2.05, 4.69) is 41.2 Å². The van der Waals surface area contributed by atoms with E-state index >= 15 is 0 Å². The maximum atomic E-state index is 12.6. The van der Waals surface area contributed by atoms with Crippen LogP contribution >= 0.6 is 35.0 Å². The van der Waals surface area contributed by atoms with Gasteiger partial charge in [0.1, 0.15) is 0 Å². The Morgan fingerprint density at radius 2 is 1.87 bits per heavy atom. The summed E-state index contributed by atoms with van der Waals surface area (Å²) in [4.78, 5) is 13.3. The van der Waals surface area contributed by atoms with Gasteiger partial charge in [-0.05, 0) is 80.8 Å². The number of benzene rings is 2. The van der Waals surface area contributed by atoms with Crippen molar-refractivity contribution >= 4 is 52.6 Å². The van der Waals surface area contributed by atoms with Gasteiger partial charge in [-0.25, -0.2) is 0 Å². The molecule has 0 spiro atoms. The lowest BCUT2D eigenvalue weighted by molar-refractivity contribution is -0.116. The van der Waals surface area contributed by atoms with E-state index in [4.69, 9.17) is 23.2 Å². The van der Waals surface area contributed by atoms with E-state index in [-0.39, 0.29) is 11.4 Å². The summed E-state index contributed by atoms with van der Waals surface area (Å²) in [5, 5.41) is 7.73. The van der Waals surface area contributed by atoms with E-state index in [0.717, 1.165) is 44.5 Å². The number of nitrogens with one attached hydrogen (secondary N) is 2. The molecule has 0 radical (unpaired) electrons. The predicted molar refractivity (Wildman–Crippen MR) is 132 cm³/mol.